The Morgan fingerprint density at radius 1 is 1.08 bits per heavy atom. The lowest BCUT2D eigenvalue weighted by Crippen LogP contribution is -2.11. The molecule has 3 aromatic rings. The summed E-state index contributed by atoms with van der Waals surface area (Å²) in [7, 11) is -4.21. The molecule has 0 spiro atoms. The van der Waals surface area contributed by atoms with Crippen LogP contribution in [0.3, 0.4) is 0 Å². The third-order valence-electron chi connectivity index (χ3n) is 4.33. The first-order valence-corrected chi connectivity index (χ1v) is 9.62. The summed E-state index contributed by atoms with van der Waals surface area (Å²) in [6.07, 6.45) is 2.25. The van der Waals surface area contributed by atoms with Gasteiger partial charge in [-0.1, -0.05) is 11.6 Å². The SMILES string of the molecule is O=c1oc2cc(OS(=O)(=O)c3ccc(F)cc3)c(Cl)cc2c2c1CCC2. The van der Waals surface area contributed by atoms with Crippen molar-refractivity contribution < 1.29 is 21.4 Å². The summed E-state index contributed by atoms with van der Waals surface area (Å²) in [5.41, 5.74) is 1.30. The Morgan fingerprint density at radius 2 is 1.77 bits per heavy atom. The fourth-order valence-corrected chi connectivity index (χ4v) is 4.30. The van der Waals surface area contributed by atoms with E-state index in [0.717, 1.165) is 42.7 Å². The van der Waals surface area contributed by atoms with Gasteiger partial charge in [-0.05, 0) is 55.2 Å². The van der Waals surface area contributed by atoms with Crippen molar-refractivity contribution in [3.63, 3.8) is 0 Å². The van der Waals surface area contributed by atoms with Crippen molar-refractivity contribution in [1.82, 2.24) is 0 Å². The molecule has 5 nitrogen and oxygen atoms in total. The second-order valence-corrected chi connectivity index (χ2v) is 7.92. The van der Waals surface area contributed by atoms with Crippen LogP contribution in [0.2, 0.25) is 5.02 Å². The van der Waals surface area contributed by atoms with Gasteiger partial charge in [0.25, 0.3) is 0 Å². The maximum Gasteiger partial charge on any atom is 0.339 e. The summed E-state index contributed by atoms with van der Waals surface area (Å²) in [6.45, 7) is 0. The second kappa shape index (κ2) is 6.10. The van der Waals surface area contributed by atoms with Crippen LogP contribution in [0.1, 0.15) is 17.5 Å². The number of rotatable bonds is 3. The molecule has 4 rings (SSSR count). The topological polar surface area (TPSA) is 73.6 Å². The van der Waals surface area contributed by atoms with E-state index in [9.17, 15) is 17.6 Å². The van der Waals surface area contributed by atoms with Crippen molar-refractivity contribution in [3.8, 4) is 5.75 Å². The summed E-state index contributed by atoms with van der Waals surface area (Å²) < 4.78 is 48.1. The van der Waals surface area contributed by atoms with E-state index in [1.165, 1.54) is 6.07 Å². The minimum absolute atomic E-state index is 0.0751. The van der Waals surface area contributed by atoms with Crippen LogP contribution in [0.4, 0.5) is 4.39 Å². The Hall–Kier alpha value is -2.38. The van der Waals surface area contributed by atoms with Crippen LogP contribution in [-0.4, -0.2) is 8.42 Å². The molecule has 0 N–H and O–H groups in total. The van der Waals surface area contributed by atoms with Gasteiger partial charge in [0.15, 0.2) is 5.75 Å². The molecule has 1 aliphatic carbocycles. The lowest BCUT2D eigenvalue weighted by Gasteiger charge is -2.11. The van der Waals surface area contributed by atoms with Crippen molar-refractivity contribution in [2.45, 2.75) is 24.2 Å². The molecule has 0 saturated heterocycles. The first-order valence-electron chi connectivity index (χ1n) is 7.83. The molecule has 0 amide bonds. The van der Waals surface area contributed by atoms with E-state index >= 15 is 0 Å². The van der Waals surface area contributed by atoms with Crippen LogP contribution < -0.4 is 9.81 Å². The van der Waals surface area contributed by atoms with Gasteiger partial charge in [-0.3, -0.25) is 0 Å². The number of fused-ring (bicyclic) bond motifs is 3. The van der Waals surface area contributed by atoms with Gasteiger partial charge < -0.3 is 8.60 Å². The first-order chi connectivity index (χ1) is 12.3. The van der Waals surface area contributed by atoms with Crippen LogP contribution in [0, 0.1) is 5.82 Å². The van der Waals surface area contributed by atoms with E-state index < -0.39 is 21.6 Å². The normalized spacial score (nSPS) is 13.8. The van der Waals surface area contributed by atoms with Gasteiger partial charge in [-0.2, -0.15) is 8.42 Å². The second-order valence-electron chi connectivity index (χ2n) is 5.97. The predicted octanol–water partition coefficient (Wildman–Crippen LogP) is 3.84. The summed E-state index contributed by atoms with van der Waals surface area (Å²) in [5, 5.41) is 0.750. The van der Waals surface area contributed by atoms with Crippen LogP contribution in [0.15, 0.2) is 50.5 Å². The molecule has 1 heterocycles. The molecule has 0 bridgehead atoms. The summed E-state index contributed by atoms with van der Waals surface area (Å²) >= 11 is 6.19. The lowest BCUT2D eigenvalue weighted by molar-refractivity contribution is 0.484. The molecule has 0 fully saturated rings. The van der Waals surface area contributed by atoms with E-state index in [1.54, 1.807) is 6.07 Å². The Labute approximate surface area is 153 Å². The molecular formula is C18H12ClFO5S. The van der Waals surface area contributed by atoms with Crippen molar-refractivity contribution in [3.05, 3.63) is 68.8 Å². The Bertz CT molecular complexity index is 1180. The summed E-state index contributed by atoms with van der Waals surface area (Å²) in [5.74, 6) is -0.729. The van der Waals surface area contributed by atoms with E-state index in [-0.39, 0.29) is 21.3 Å². The molecule has 134 valence electrons. The lowest BCUT2D eigenvalue weighted by atomic mass is 10.1. The van der Waals surface area contributed by atoms with Gasteiger partial charge in [0.2, 0.25) is 0 Å². The number of aryl methyl sites for hydroxylation is 1. The van der Waals surface area contributed by atoms with Gasteiger partial charge in [0, 0.05) is 17.0 Å². The van der Waals surface area contributed by atoms with Crippen LogP contribution in [-0.2, 0) is 23.0 Å². The first kappa shape index (κ1) is 17.1. The molecule has 0 radical (unpaired) electrons. The highest BCUT2D eigenvalue weighted by molar-refractivity contribution is 7.87. The largest absolute Gasteiger partial charge is 0.422 e. The molecule has 0 saturated carbocycles. The Balaban J connectivity index is 1.80. The summed E-state index contributed by atoms with van der Waals surface area (Å²) in [4.78, 5) is 11.8. The van der Waals surface area contributed by atoms with Gasteiger partial charge in [0.1, 0.15) is 16.3 Å². The average Bonchev–Trinajstić information content (AvgIpc) is 3.07. The van der Waals surface area contributed by atoms with Gasteiger partial charge >= 0.3 is 15.7 Å². The highest BCUT2D eigenvalue weighted by Crippen LogP contribution is 2.35. The molecule has 1 aliphatic rings. The third kappa shape index (κ3) is 2.87. The minimum Gasteiger partial charge on any atom is -0.422 e. The smallest absolute Gasteiger partial charge is 0.339 e. The molecular weight excluding hydrogens is 383 g/mol. The van der Waals surface area contributed by atoms with Crippen LogP contribution >= 0.6 is 11.6 Å². The molecule has 0 atom stereocenters. The van der Waals surface area contributed by atoms with E-state index in [0.29, 0.717) is 17.4 Å². The molecule has 8 heteroatoms. The predicted molar refractivity (Wildman–Crippen MR) is 93.7 cm³/mol. The van der Waals surface area contributed by atoms with Crippen LogP contribution in [0.5, 0.6) is 5.75 Å². The highest BCUT2D eigenvalue weighted by Gasteiger charge is 2.23. The van der Waals surface area contributed by atoms with Crippen molar-refractivity contribution in [2.75, 3.05) is 0 Å². The minimum atomic E-state index is -4.21. The van der Waals surface area contributed by atoms with E-state index in [1.807, 2.05) is 0 Å². The fourth-order valence-electron chi connectivity index (χ4n) is 3.11. The molecule has 2 aromatic carbocycles. The zero-order valence-corrected chi connectivity index (χ0v) is 14.9. The zero-order chi connectivity index (χ0) is 18.5. The van der Waals surface area contributed by atoms with E-state index in [2.05, 4.69) is 0 Å². The van der Waals surface area contributed by atoms with Crippen molar-refractivity contribution in [2.24, 2.45) is 0 Å². The maximum absolute atomic E-state index is 13.0. The van der Waals surface area contributed by atoms with Gasteiger partial charge in [-0.25, -0.2) is 9.18 Å². The Morgan fingerprint density at radius 3 is 2.50 bits per heavy atom. The van der Waals surface area contributed by atoms with E-state index in [4.69, 9.17) is 20.2 Å². The summed E-state index contributed by atoms with van der Waals surface area (Å²) in [6, 6.07) is 7.04. The maximum atomic E-state index is 13.0. The fraction of sp³-hybridized carbons (Fsp3) is 0.167. The highest BCUT2D eigenvalue weighted by atomic mass is 35.5. The average molecular weight is 395 g/mol. The number of hydrogen-bond acceptors (Lipinski definition) is 5. The number of halogens is 2. The van der Waals surface area contributed by atoms with Crippen molar-refractivity contribution >= 4 is 32.7 Å². The molecule has 26 heavy (non-hydrogen) atoms. The number of benzene rings is 2. The number of hydrogen-bond donors (Lipinski definition) is 0. The van der Waals surface area contributed by atoms with Crippen LogP contribution in [0.25, 0.3) is 11.0 Å². The zero-order valence-electron chi connectivity index (χ0n) is 13.3. The third-order valence-corrected chi connectivity index (χ3v) is 5.87. The van der Waals surface area contributed by atoms with Gasteiger partial charge in [-0.15, -0.1) is 0 Å². The molecule has 1 aromatic heterocycles. The monoisotopic (exact) mass is 394 g/mol. The molecule has 0 aliphatic heterocycles. The standard InChI is InChI=1S/C18H12ClFO5S/c19-15-8-14-12-2-1-3-13(12)18(21)24-16(14)9-17(15)25-26(22,23)11-6-4-10(20)5-7-11/h4-9H,1-3H2. The molecule has 0 unspecified atom stereocenters. The quantitative estimate of drug-likeness (QED) is 0.498. The van der Waals surface area contributed by atoms with Crippen molar-refractivity contribution in [1.29, 1.82) is 0 Å². The van der Waals surface area contributed by atoms with Gasteiger partial charge in [0.05, 0.1) is 5.02 Å². The Kier molecular flexibility index (Phi) is 4.00.